The summed E-state index contributed by atoms with van der Waals surface area (Å²) in [4.78, 5) is 18.1. The van der Waals surface area contributed by atoms with Crippen molar-refractivity contribution in [2.24, 2.45) is 0 Å². The smallest absolute Gasteiger partial charge is 0.270 e. The fraction of sp³-hybridized carbons (Fsp3) is 0.350. The number of aromatic nitrogens is 2. The zero-order valence-corrected chi connectivity index (χ0v) is 17.7. The number of sulfonamides is 1. The number of benzene rings is 1. The number of thiophene rings is 1. The first-order valence-corrected chi connectivity index (χ1v) is 12.2. The number of carbonyl (C=O) groups excluding carboxylic acids is 1. The van der Waals surface area contributed by atoms with Gasteiger partial charge in [0.25, 0.3) is 11.8 Å². The molecule has 8 nitrogen and oxygen atoms in total. The number of amides is 1. The second-order valence-corrected chi connectivity index (χ2v) is 10.3. The van der Waals surface area contributed by atoms with E-state index in [-0.39, 0.29) is 10.8 Å². The Bertz CT molecular complexity index is 1170. The van der Waals surface area contributed by atoms with Gasteiger partial charge in [-0.15, -0.1) is 11.3 Å². The zero-order chi connectivity index (χ0) is 20.7. The summed E-state index contributed by atoms with van der Waals surface area (Å²) in [5.41, 5.74) is 0.960. The van der Waals surface area contributed by atoms with Crippen molar-refractivity contribution in [1.82, 2.24) is 14.4 Å². The van der Waals surface area contributed by atoms with Crippen LogP contribution >= 0.6 is 11.3 Å². The molecule has 30 heavy (non-hydrogen) atoms. The number of rotatable bonds is 6. The summed E-state index contributed by atoms with van der Waals surface area (Å²) in [5.74, 6) is 1.16. The maximum Gasteiger partial charge on any atom is 0.270 e. The van der Waals surface area contributed by atoms with Crippen molar-refractivity contribution in [3.63, 3.8) is 0 Å². The van der Waals surface area contributed by atoms with Crippen LogP contribution in [-0.2, 0) is 10.0 Å². The van der Waals surface area contributed by atoms with E-state index < -0.39 is 10.0 Å². The molecular weight excluding hydrogens is 424 g/mol. The molecule has 1 aromatic carbocycles. The van der Waals surface area contributed by atoms with Crippen molar-refractivity contribution in [2.45, 2.75) is 36.5 Å². The van der Waals surface area contributed by atoms with Gasteiger partial charge in [0.05, 0.1) is 10.6 Å². The summed E-state index contributed by atoms with van der Waals surface area (Å²) in [5, 5.41) is 8.73. The molecule has 5 rings (SSSR count). The summed E-state index contributed by atoms with van der Waals surface area (Å²) in [6.07, 6.45) is 3.92. The molecule has 1 N–H and O–H groups in total. The first-order chi connectivity index (χ1) is 14.5. The molecule has 10 heteroatoms. The van der Waals surface area contributed by atoms with E-state index in [1.165, 1.54) is 39.9 Å². The summed E-state index contributed by atoms with van der Waals surface area (Å²) < 4.78 is 32.1. The Morgan fingerprint density at radius 2 is 1.87 bits per heavy atom. The highest BCUT2D eigenvalue weighted by molar-refractivity contribution is 7.89. The van der Waals surface area contributed by atoms with Crippen LogP contribution in [0.15, 0.2) is 45.1 Å². The van der Waals surface area contributed by atoms with Gasteiger partial charge < -0.3 is 9.84 Å². The molecule has 0 bridgehead atoms. The van der Waals surface area contributed by atoms with Gasteiger partial charge in [-0.05, 0) is 61.4 Å². The molecule has 3 heterocycles. The largest absolute Gasteiger partial charge is 0.333 e. The highest BCUT2D eigenvalue weighted by Crippen LogP contribution is 2.40. The molecule has 2 fully saturated rings. The van der Waals surface area contributed by atoms with E-state index in [4.69, 9.17) is 4.52 Å². The molecule has 1 amide bonds. The van der Waals surface area contributed by atoms with Gasteiger partial charge in [-0.1, -0.05) is 5.16 Å². The molecular formula is C20H20N4O4S2. The monoisotopic (exact) mass is 444 g/mol. The maximum absolute atomic E-state index is 12.7. The molecule has 0 spiro atoms. The third-order valence-electron chi connectivity index (χ3n) is 5.31. The van der Waals surface area contributed by atoms with Crippen molar-refractivity contribution in [1.29, 1.82) is 0 Å². The van der Waals surface area contributed by atoms with E-state index in [1.807, 2.05) is 5.38 Å². The molecule has 1 saturated carbocycles. The van der Waals surface area contributed by atoms with Crippen LogP contribution in [0.4, 0.5) is 5.69 Å². The lowest BCUT2D eigenvalue weighted by Crippen LogP contribution is -2.27. The lowest BCUT2D eigenvalue weighted by Gasteiger charge is -2.15. The van der Waals surface area contributed by atoms with Gasteiger partial charge in [0.15, 0.2) is 5.82 Å². The minimum Gasteiger partial charge on any atom is -0.333 e. The Hall–Kier alpha value is -2.56. The fourth-order valence-corrected chi connectivity index (χ4v) is 5.75. The summed E-state index contributed by atoms with van der Waals surface area (Å²) >= 11 is 1.41. The normalized spacial score (nSPS) is 17.3. The van der Waals surface area contributed by atoms with Gasteiger partial charge >= 0.3 is 0 Å². The second kappa shape index (κ2) is 7.60. The molecule has 1 aliphatic carbocycles. The van der Waals surface area contributed by atoms with Crippen LogP contribution in [-0.4, -0.2) is 41.9 Å². The number of anilines is 1. The third kappa shape index (κ3) is 3.66. The van der Waals surface area contributed by atoms with Crippen molar-refractivity contribution < 1.29 is 17.7 Å². The topological polar surface area (TPSA) is 105 Å². The van der Waals surface area contributed by atoms with E-state index in [1.54, 1.807) is 6.07 Å². The third-order valence-corrected chi connectivity index (χ3v) is 8.13. The van der Waals surface area contributed by atoms with Gasteiger partial charge in [-0.2, -0.15) is 9.29 Å². The maximum atomic E-state index is 12.7. The van der Waals surface area contributed by atoms with E-state index in [0.717, 1.165) is 25.7 Å². The van der Waals surface area contributed by atoms with Crippen molar-refractivity contribution in [2.75, 3.05) is 18.4 Å². The number of carbonyl (C=O) groups is 1. The minimum atomic E-state index is -3.50. The standard InChI is InChI=1S/C20H20N4O4S2/c25-19(14-5-7-15(8-6-14)30(26,27)24-10-1-2-11-24)21-16-9-12-29-17(16)20-22-18(23-28-20)13-3-4-13/h5-9,12-13H,1-4,10-11H2,(H,21,25). The van der Waals surface area contributed by atoms with Gasteiger partial charge in [0, 0.05) is 24.6 Å². The average molecular weight is 445 g/mol. The molecule has 1 saturated heterocycles. The minimum absolute atomic E-state index is 0.204. The number of hydrogen-bond acceptors (Lipinski definition) is 7. The van der Waals surface area contributed by atoms with E-state index in [9.17, 15) is 13.2 Å². The van der Waals surface area contributed by atoms with Crippen molar-refractivity contribution in [3.05, 3.63) is 47.1 Å². The SMILES string of the molecule is O=C(Nc1ccsc1-c1nc(C2CC2)no1)c1ccc(S(=O)(=O)N2CCCC2)cc1. The lowest BCUT2D eigenvalue weighted by atomic mass is 10.2. The quantitative estimate of drug-likeness (QED) is 0.621. The Labute approximate surface area is 178 Å². The number of nitrogens with zero attached hydrogens (tertiary/aromatic N) is 3. The Morgan fingerprint density at radius 3 is 2.57 bits per heavy atom. The molecule has 2 aliphatic rings. The fourth-order valence-electron chi connectivity index (χ4n) is 3.46. The predicted molar refractivity (Wildman–Crippen MR) is 112 cm³/mol. The zero-order valence-electron chi connectivity index (χ0n) is 16.1. The summed E-state index contributed by atoms with van der Waals surface area (Å²) in [6, 6.07) is 7.81. The summed E-state index contributed by atoms with van der Waals surface area (Å²) in [6.45, 7) is 1.09. The molecule has 3 aromatic rings. The lowest BCUT2D eigenvalue weighted by molar-refractivity contribution is 0.102. The first-order valence-electron chi connectivity index (χ1n) is 9.85. The van der Waals surface area contributed by atoms with Gasteiger partial charge in [-0.25, -0.2) is 8.42 Å². The number of nitrogens with one attached hydrogen (secondary N) is 1. The van der Waals surface area contributed by atoms with Crippen LogP contribution in [0.2, 0.25) is 0 Å². The average Bonchev–Trinajstić information content (AvgIpc) is 3.18. The van der Waals surface area contributed by atoms with Crippen molar-refractivity contribution >= 4 is 33.0 Å². The molecule has 0 radical (unpaired) electrons. The molecule has 2 aromatic heterocycles. The highest BCUT2D eigenvalue weighted by atomic mass is 32.2. The van der Waals surface area contributed by atoms with E-state index in [0.29, 0.717) is 46.9 Å². The van der Waals surface area contributed by atoms with Crippen LogP contribution in [0.3, 0.4) is 0 Å². The Balaban J connectivity index is 1.32. The molecule has 0 atom stereocenters. The molecule has 1 aliphatic heterocycles. The highest BCUT2D eigenvalue weighted by Gasteiger charge is 2.30. The second-order valence-electron chi connectivity index (χ2n) is 7.49. The van der Waals surface area contributed by atoms with Gasteiger partial charge in [-0.3, -0.25) is 4.79 Å². The van der Waals surface area contributed by atoms with Crippen LogP contribution < -0.4 is 5.32 Å². The molecule has 156 valence electrons. The van der Waals surface area contributed by atoms with E-state index in [2.05, 4.69) is 15.5 Å². The Morgan fingerprint density at radius 1 is 1.13 bits per heavy atom. The van der Waals surface area contributed by atoms with Gasteiger partial charge in [0.1, 0.15) is 4.88 Å². The first kappa shape index (κ1) is 19.4. The summed E-state index contributed by atoms with van der Waals surface area (Å²) in [7, 11) is -3.50. The Kier molecular flexibility index (Phi) is 4.92. The predicted octanol–water partition coefficient (Wildman–Crippen LogP) is 3.71. The van der Waals surface area contributed by atoms with Crippen LogP contribution in [0.25, 0.3) is 10.8 Å². The molecule has 0 unspecified atom stereocenters. The van der Waals surface area contributed by atoms with Crippen molar-refractivity contribution in [3.8, 4) is 10.8 Å². The van der Waals surface area contributed by atoms with Crippen LogP contribution in [0.5, 0.6) is 0 Å². The van der Waals surface area contributed by atoms with Gasteiger partial charge in [0.2, 0.25) is 10.0 Å². The van der Waals surface area contributed by atoms with Crippen LogP contribution in [0, 0.1) is 0 Å². The number of hydrogen-bond donors (Lipinski definition) is 1. The van der Waals surface area contributed by atoms with Crippen LogP contribution in [0.1, 0.15) is 47.8 Å². The van der Waals surface area contributed by atoms with E-state index >= 15 is 0 Å².